The normalized spacial score (nSPS) is 12.3. The van der Waals surface area contributed by atoms with Gasteiger partial charge in [0.25, 0.3) is 0 Å². The third kappa shape index (κ3) is 1.21. The van der Waals surface area contributed by atoms with Gasteiger partial charge >= 0.3 is 0 Å². The van der Waals surface area contributed by atoms with Gasteiger partial charge in [0.05, 0.1) is 0 Å². The molecule has 0 unspecified atom stereocenters. The van der Waals surface area contributed by atoms with Gasteiger partial charge < -0.3 is 0 Å². The fraction of sp³-hybridized carbons (Fsp3) is 0.133. The lowest BCUT2D eigenvalue weighted by Crippen LogP contribution is -1.87. The van der Waals surface area contributed by atoms with Gasteiger partial charge in [-0.1, -0.05) is 42.5 Å². The molecule has 2 aromatic rings. The van der Waals surface area contributed by atoms with E-state index in [1.807, 2.05) is 0 Å². The lowest BCUT2D eigenvalue weighted by Gasteiger charge is -2.06. The van der Waals surface area contributed by atoms with Crippen LogP contribution in [0.4, 0.5) is 0 Å². The predicted molar refractivity (Wildman–Crippen MR) is 63.7 cm³/mol. The van der Waals surface area contributed by atoms with E-state index in [1.165, 1.54) is 27.8 Å². The largest absolute Gasteiger partial charge is 0.0619 e. The van der Waals surface area contributed by atoms with Crippen molar-refractivity contribution in [2.45, 2.75) is 12.8 Å². The summed E-state index contributed by atoms with van der Waals surface area (Å²) in [7, 11) is 0. The molecule has 73 valence electrons. The lowest BCUT2D eigenvalue weighted by molar-refractivity contribution is 1.23. The first-order valence-corrected chi connectivity index (χ1v) is 5.38. The number of benzene rings is 2. The predicted octanol–water partition coefficient (Wildman–Crippen LogP) is 3.63. The third-order valence-electron chi connectivity index (χ3n) is 3.17. The minimum atomic E-state index is 0.873. The highest BCUT2D eigenvalue weighted by atomic mass is 14.2. The van der Waals surface area contributed by atoms with E-state index in [0.717, 1.165) is 12.8 Å². The molecule has 15 heavy (non-hydrogen) atoms. The van der Waals surface area contributed by atoms with Crippen LogP contribution in [0.15, 0.2) is 42.5 Å². The molecule has 3 rings (SSSR count). The Morgan fingerprint density at radius 1 is 0.933 bits per heavy atom. The highest BCUT2D eigenvalue weighted by Crippen LogP contribution is 2.38. The molecule has 0 aliphatic heterocycles. The van der Waals surface area contributed by atoms with Gasteiger partial charge in [-0.2, -0.15) is 0 Å². The summed E-state index contributed by atoms with van der Waals surface area (Å²) in [5.41, 5.74) is 7.12. The van der Waals surface area contributed by atoms with Crippen LogP contribution < -0.4 is 0 Å². The molecule has 0 saturated heterocycles. The van der Waals surface area contributed by atoms with Crippen molar-refractivity contribution in [3.8, 4) is 11.1 Å². The molecular formula is C15H13. The van der Waals surface area contributed by atoms with E-state index in [4.69, 9.17) is 0 Å². The monoisotopic (exact) mass is 193 g/mol. The number of hydrogen-bond donors (Lipinski definition) is 0. The number of rotatable bonds is 1. The van der Waals surface area contributed by atoms with Crippen LogP contribution in [0.25, 0.3) is 11.1 Å². The van der Waals surface area contributed by atoms with Crippen LogP contribution in [0.5, 0.6) is 0 Å². The maximum Gasteiger partial charge on any atom is -0.00134 e. The van der Waals surface area contributed by atoms with Crippen LogP contribution in [0, 0.1) is 6.92 Å². The molecule has 0 bridgehead atoms. The molecule has 0 heteroatoms. The molecule has 0 atom stereocenters. The minimum Gasteiger partial charge on any atom is -0.0619 e. The summed E-state index contributed by atoms with van der Waals surface area (Å²) in [6.45, 7) is 4.01. The first-order chi connectivity index (χ1) is 7.40. The van der Waals surface area contributed by atoms with Crippen LogP contribution in [-0.2, 0) is 12.8 Å². The number of hydrogen-bond acceptors (Lipinski definition) is 0. The maximum atomic E-state index is 4.01. The lowest BCUT2D eigenvalue weighted by atomic mass is 9.98. The van der Waals surface area contributed by atoms with Gasteiger partial charge in [0, 0.05) is 0 Å². The van der Waals surface area contributed by atoms with Gasteiger partial charge in [-0.05, 0) is 47.6 Å². The van der Waals surface area contributed by atoms with Crippen LogP contribution in [0.1, 0.15) is 16.7 Å². The zero-order valence-corrected chi connectivity index (χ0v) is 8.66. The third-order valence-corrected chi connectivity index (χ3v) is 3.17. The Hall–Kier alpha value is -1.56. The molecule has 1 radical (unpaired) electrons. The van der Waals surface area contributed by atoms with Crippen molar-refractivity contribution in [3.05, 3.63) is 66.1 Å². The SMILES string of the molecule is [CH2]Cc1cccc2c1-c1ccccc1C2. The fourth-order valence-corrected chi connectivity index (χ4v) is 2.48. The first kappa shape index (κ1) is 8.72. The van der Waals surface area contributed by atoms with Gasteiger partial charge in [-0.25, -0.2) is 0 Å². The average Bonchev–Trinajstić information content (AvgIpc) is 2.67. The quantitative estimate of drug-likeness (QED) is 0.553. The Morgan fingerprint density at radius 2 is 1.73 bits per heavy atom. The smallest absolute Gasteiger partial charge is 0.00134 e. The molecule has 0 saturated carbocycles. The maximum absolute atomic E-state index is 4.01. The summed E-state index contributed by atoms with van der Waals surface area (Å²) >= 11 is 0. The van der Waals surface area contributed by atoms with Crippen LogP contribution in [0.2, 0.25) is 0 Å². The molecule has 0 fully saturated rings. The minimum absolute atomic E-state index is 0.873. The summed E-state index contributed by atoms with van der Waals surface area (Å²) in [5.74, 6) is 0. The van der Waals surface area contributed by atoms with Gasteiger partial charge in [0.15, 0.2) is 0 Å². The van der Waals surface area contributed by atoms with E-state index >= 15 is 0 Å². The van der Waals surface area contributed by atoms with Crippen molar-refractivity contribution >= 4 is 0 Å². The molecule has 0 aromatic heterocycles. The van der Waals surface area contributed by atoms with E-state index < -0.39 is 0 Å². The van der Waals surface area contributed by atoms with Crippen molar-refractivity contribution in [2.75, 3.05) is 0 Å². The summed E-state index contributed by atoms with van der Waals surface area (Å²) in [5, 5.41) is 0. The number of fused-ring (bicyclic) bond motifs is 3. The highest BCUT2D eigenvalue weighted by molar-refractivity contribution is 5.79. The second-order valence-electron chi connectivity index (χ2n) is 4.04. The first-order valence-electron chi connectivity index (χ1n) is 5.38. The van der Waals surface area contributed by atoms with Gasteiger partial charge in [0.1, 0.15) is 0 Å². The fourth-order valence-electron chi connectivity index (χ4n) is 2.48. The molecule has 2 aromatic carbocycles. The van der Waals surface area contributed by atoms with Crippen molar-refractivity contribution in [1.82, 2.24) is 0 Å². The molecule has 0 spiro atoms. The molecule has 0 nitrogen and oxygen atoms in total. The van der Waals surface area contributed by atoms with E-state index in [9.17, 15) is 0 Å². The molecule has 0 N–H and O–H groups in total. The second kappa shape index (κ2) is 3.23. The zero-order chi connectivity index (χ0) is 10.3. The van der Waals surface area contributed by atoms with Gasteiger partial charge in [-0.3, -0.25) is 0 Å². The van der Waals surface area contributed by atoms with E-state index in [-0.39, 0.29) is 0 Å². The Balaban J connectivity index is 2.30. The standard InChI is InChI=1S/C15H13/c1-2-11-7-5-8-13-10-12-6-3-4-9-14(12)15(11)13/h3-9H,1-2,10H2. The van der Waals surface area contributed by atoms with Crippen LogP contribution in [-0.4, -0.2) is 0 Å². The van der Waals surface area contributed by atoms with Crippen molar-refractivity contribution in [2.24, 2.45) is 0 Å². The Morgan fingerprint density at radius 3 is 2.60 bits per heavy atom. The molecule has 1 aliphatic rings. The summed E-state index contributed by atoms with van der Waals surface area (Å²) in [4.78, 5) is 0. The topological polar surface area (TPSA) is 0 Å². The van der Waals surface area contributed by atoms with Gasteiger partial charge in [-0.15, -0.1) is 0 Å². The van der Waals surface area contributed by atoms with Crippen LogP contribution in [0.3, 0.4) is 0 Å². The zero-order valence-electron chi connectivity index (χ0n) is 8.66. The molecule has 0 heterocycles. The van der Waals surface area contributed by atoms with E-state index in [0.29, 0.717) is 0 Å². The van der Waals surface area contributed by atoms with Crippen molar-refractivity contribution < 1.29 is 0 Å². The second-order valence-corrected chi connectivity index (χ2v) is 4.04. The van der Waals surface area contributed by atoms with E-state index in [1.54, 1.807) is 0 Å². The molecular weight excluding hydrogens is 180 g/mol. The summed E-state index contributed by atoms with van der Waals surface area (Å²) < 4.78 is 0. The van der Waals surface area contributed by atoms with Crippen molar-refractivity contribution in [3.63, 3.8) is 0 Å². The Kier molecular flexibility index (Phi) is 1.88. The molecule has 0 amide bonds. The average molecular weight is 193 g/mol. The van der Waals surface area contributed by atoms with Gasteiger partial charge in [0.2, 0.25) is 0 Å². The Labute approximate surface area is 90.6 Å². The van der Waals surface area contributed by atoms with Crippen LogP contribution >= 0.6 is 0 Å². The summed E-state index contributed by atoms with van der Waals surface area (Å²) in [6.07, 6.45) is 1.96. The molecule has 1 aliphatic carbocycles. The highest BCUT2D eigenvalue weighted by Gasteiger charge is 2.19. The Bertz CT molecular complexity index is 509. The summed E-state index contributed by atoms with van der Waals surface area (Å²) in [6, 6.07) is 15.2. The van der Waals surface area contributed by atoms with Crippen molar-refractivity contribution in [1.29, 1.82) is 0 Å². The van der Waals surface area contributed by atoms with E-state index in [2.05, 4.69) is 49.4 Å².